The molecule has 1 amide bonds. The summed E-state index contributed by atoms with van der Waals surface area (Å²) >= 11 is 1.66. The van der Waals surface area contributed by atoms with Crippen LogP contribution in [0.4, 0.5) is 0 Å². The molecule has 1 atom stereocenters. The number of carboxylic acids is 1. The molecule has 2 heterocycles. The average molecular weight is 746 g/mol. The normalized spacial score (nSPS) is 13.6. The summed E-state index contributed by atoms with van der Waals surface area (Å²) in [4.78, 5) is 26.5. The van der Waals surface area contributed by atoms with Crippen LogP contribution in [0.2, 0.25) is 0 Å². The zero-order chi connectivity index (χ0) is 40.7. The van der Waals surface area contributed by atoms with E-state index in [-0.39, 0.29) is 5.76 Å². The predicted molar refractivity (Wildman–Crippen MR) is 234 cm³/mol. The van der Waals surface area contributed by atoms with Crippen molar-refractivity contribution >= 4 is 40.9 Å². The molecule has 53 heavy (non-hydrogen) atoms. The van der Waals surface area contributed by atoms with Crippen LogP contribution in [-0.2, 0) is 4.79 Å². The number of thioether (sulfide) groups is 1. The van der Waals surface area contributed by atoms with Crippen molar-refractivity contribution in [1.29, 1.82) is 0 Å². The third-order valence-corrected chi connectivity index (χ3v) is 10.1. The average Bonchev–Trinajstić information content (AvgIpc) is 3.67. The van der Waals surface area contributed by atoms with E-state index in [1.165, 1.54) is 60.5 Å². The molecule has 6 heteroatoms. The van der Waals surface area contributed by atoms with Gasteiger partial charge >= 0.3 is 5.97 Å². The molecule has 1 aliphatic heterocycles. The number of aryl methyl sites for hydroxylation is 1. The maximum Gasteiger partial charge on any atom is 0.371 e. The first-order chi connectivity index (χ1) is 25.1. The fraction of sp³-hybridized carbons (Fsp3) is 0.489. The molecule has 0 saturated carbocycles. The zero-order valence-corrected chi connectivity index (χ0v) is 36.3. The number of furan rings is 1. The Labute approximate surface area is 328 Å². The lowest BCUT2D eigenvalue weighted by Gasteiger charge is -2.26. The number of unbranched alkanes of at least 4 members (excludes halogenated alkanes) is 1. The number of amides is 1. The summed E-state index contributed by atoms with van der Waals surface area (Å²) in [5.74, 6) is 0.0940. The Morgan fingerprint density at radius 1 is 0.925 bits per heavy atom. The van der Waals surface area contributed by atoms with Crippen molar-refractivity contribution in [2.75, 3.05) is 13.1 Å². The van der Waals surface area contributed by atoms with Gasteiger partial charge in [0.2, 0.25) is 11.7 Å². The number of allylic oxidation sites excluding steroid dienone is 8. The lowest BCUT2D eigenvalue weighted by molar-refractivity contribution is -0.131. The van der Waals surface area contributed by atoms with Crippen LogP contribution in [0.15, 0.2) is 86.6 Å². The number of benzene rings is 1. The minimum absolute atomic E-state index is 0.0528. The number of piperidine rings is 1. The van der Waals surface area contributed by atoms with Gasteiger partial charge in [-0.1, -0.05) is 122 Å². The summed E-state index contributed by atoms with van der Waals surface area (Å²) in [5.41, 5.74) is 8.99. The van der Waals surface area contributed by atoms with Gasteiger partial charge in [-0.3, -0.25) is 4.79 Å². The molecule has 294 valence electrons. The molecule has 0 spiro atoms. The fourth-order valence-corrected chi connectivity index (χ4v) is 6.08. The fourth-order valence-electron chi connectivity index (χ4n) is 5.33. The largest absolute Gasteiger partial charge is 0.475 e. The molecule has 5 nitrogen and oxygen atoms in total. The maximum atomic E-state index is 11.2. The van der Waals surface area contributed by atoms with Crippen molar-refractivity contribution < 1.29 is 19.1 Å². The third-order valence-electron chi connectivity index (χ3n) is 8.86. The van der Waals surface area contributed by atoms with Crippen LogP contribution in [0.1, 0.15) is 161 Å². The number of carboxylic acid groups (broad SMARTS) is 1. The van der Waals surface area contributed by atoms with Gasteiger partial charge in [-0.2, -0.15) is 0 Å². The van der Waals surface area contributed by atoms with Crippen LogP contribution >= 0.6 is 11.8 Å². The summed E-state index contributed by atoms with van der Waals surface area (Å²) in [7, 11) is 0. The van der Waals surface area contributed by atoms with E-state index in [1.54, 1.807) is 17.8 Å². The molecule has 0 aliphatic carbocycles. The number of carbonyl (C=O) groups excluding carboxylic acids is 1. The van der Waals surface area contributed by atoms with Gasteiger partial charge in [-0.25, -0.2) is 4.79 Å². The molecule has 1 unspecified atom stereocenters. The van der Waals surface area contributed by atoms with E-state index in [4.69, 9.17) is 4.42 Å². The van der Waals surface area contributed by atoms with E-state index in [0.29, 0.717) is 24.0 Å². The first-order valence-electron chi connectivity index (χ1n) is 19.6. The Bertz CT molecular complexity index is 1590. The number of hydrogen-bond acceptors (Lipinski definition) is 4. The lowest BCUT2D eigenvalue weighted by Crippen LogP contribution is -2.34. The van der Waals surface area contributed by atoms with Gasteiger partial charge in [-0.15, -0.1) is 0 Å². The van der Waals surface area contributed by atoms with Crippen molar-refractivity contribution in [2.24, 2.45) is 5.92 Å². The summed E-state index contributed by atoms with van der Waals surface area (Å²) < 4.78 is 5.54. The number of nitrogens with zero attached hydrogens (tertiary/aromatic N) is 1. The first kappa shape index (κ1) is 49.2. The Morgan fingerprint density at radius 2 is 1.51 bits per heavy atom. The maximum absolute atomic E-state index is 11.2. The monoisotopic (exact) mass is 746 g/mol. The molecular formula is C47H71NO4S. The highest BCUT2D eigenvalue weighted by Crippen LogP contribution is 2.34. The van der Waals surface area contributed by atoms with Crippen molar-refractivity contribution in [3.63, 3.8) is 0 Å². The highest BCUT2D eigenvalue weighted by atomic mass is 32.2. The molecule has 0 bridgehead atoms. The highest BCUT2D eigenvalue weighted by molar-refractivity contribution is 8.06. The second kappa shape index (κ2) is 26.9. The van der Waals surface area contributed by atoms with Gasteiger partial charge in [0, 0.05) is 24.4 Å². The molecule has 1 aliphatic rings. The van der Waals surface area contributed by atoms with Crippen LogP contribution in [0, 0.1) is 12.8 Å². The van der Waals surface area contributed by atoms with Gasteiger partial charge in [0.05, 0.1) is 0 Å². The van der Waals surface area contributed by atoms with Crippen LogP contribution in [0.25, 0.3) is 17.2 Å². The van der Waals surface area contributed by atoms with Crippen molar-refractivity contribution in [1.82, 2.24) is 4.90 Å². The second-order valence-corrected chi connectivity index (χ2v) is 14.9. The lowest BCUT2D eigenvalue weighted by atomic mass is 9.88. The molecule has 1 N–H and O–H groups in total. The Morgan fingerprint density at radius 3 is 1.98 bits per heavy atom. The Hall–Kier alpha value is -3.77. The second-order valence-electron chi connectivity index (χ2n) is 13.5. The summed E-state index contributed by atoms with van der Waals surface area (Å²) in [6.45, 7) is 37.4. The van der Waals surface area contributed by atoms with Gasteiger partial charge in [0.15, 0.2) is 0 Å². The number of likely N-dealkylation sites (tertiary alicyclic amines) is 1. The zero-order valence-electron chi connectivity index (χ0n) is 35.5. The molecule has 0 radical (unpaired) electrons. The van der Waals surface area contributed by atoms with Gasteiger partial charge < -0.3 is 14.4 Å². The van der Waals surface area contributed by atoms with Gasteiger partial charge in [0.1, 0.15) is 5.76 Å². The molecule has 1 aromatic heterocycles. The number of aromatic carboxylic acids is 1. The van der Waals surface area contributed by atoms with E-state index >= 15 is 0 Å². The molecule has 1 fully saturated rings. The van der Waals surface area contributed by atoms with E-state index in [1.807, 2.05) is 39.5 Å². The smallest absolute Gasteiger partial charge is 0.371 e. The minimum Gasteiger partial charge on any atom is -0.475 e. The molecule has 3 rings (SSSR count). The molecule has 1 saturated heterocycles. The van der Waals surface area contributed by atoms with Crippen LogP contribution in [-0.4, -0.2) is 35.0 Å². The molecule has 2 aromatic rings. The topological polar surface area (TPSA) is 70.7 Å². The van der Waals surface area contributed by atoms with Gasteiger partial charge in [-0.05, 0) is 135 Å². The van der Waals surface area contributed by atoms with Crippen molar-refractivity contribution in [2.45, 2.75) is 135 Å². The third kappa shape index (κ3) is 17.7. The van der Waals surface area contributed by atoms with E-state index in [0.717, 1.165) is 51.6 Å². The summed E-state index contributed by atoms with van der Waals surface area (Å²) in [6, 6.07) is 9.76. The van der Waals surface area contributed by atoms with Crippen LogP contribution < -0.4 is 0 Å². The quantitative estimate of drug-likeness (QED) is 0.207. The van der Waals surface area contributed by atoms with Crippen LogP contribution in [0.3, 0.4) is 0 Å². The molecule has 1 aromatic carbocycles. The Balaban J connectivity index is 0.00000140. The molecular weight excluding hydrogens is 675 g/mol. The van der Waals surface area contributed by atoms with E-state index in [9.17, 15) is 14.7 Å². The van der Waals surface area contributed by atoms with Crippen LogP contribution in [0.5, 0.6) is 0 Å². The summed E-state index contributed by atoms with van der Waals surface area (Å²) in [6.07, 6.45) is 14.3. The Kier molecular flexibility index (Phi) is 25.0. The van der Waals surface area contributed by atoms with Crippen molar-refractivity contribution in [3.05, 3.63) is 110 Å². The first-order valence-corrected chi connectivity index (χ1v) is 20.4. The number of hydrogen-bond donors (Lipinski definition) is 1. The number of rotatable bonds is 13. The predicted octanol–water partition coefficient (Wildman–Crippen LogP) is 14.6. The van der Waals surface area contributed by atoms with Crippen molar-refractivity contribution in [3.8, 4) is 0 Å². The SMILES string of the molecule is C=C(C)SC(C(=C)/C=C\c1cc(/C(C)=C(/C=C(\C)c2ccc(C(=O)O)o2)C(C)CC)ccc1C)=C(C)C.CC.CCC(=O)N1CCCCC1.CCCC. The number of carbonyl (C=O) groups is 2. The van der Waals surface area contributed by atoms with Gasteiger partial charge in [0.25, 0.3) is 0 Å². The minimum atomic E-state index is -1.06. The van der Waals surface area contributed by atoms with E-state index in [2.05, 4.69) is 105 Å². The summed E-state index contributed by atoms with van der Waals surface area (Å²) in [5, 5.41) is 9.21. The standard InChI is InChI=1S/C33H40O3S.C8H15NO.C4H10.C2H6/c1-11-22(6)29(18-25(9)30-16-17-31(36-30)33(34)35)26(10)28-15-12-23(7)27(19-28)14-13-24(8)32(20(2)3)37-21(4)5;1-2-8(10)9-6-4-3-5-7-9;1-3-4-2;1-2/h12-19,22H,4,8,11H2,1-3,5-7,9-10H3,(H,34,35);2-7H2,1H3;3-4H2,1-2H3;1-2H3/b14-13-,25-18+,29-26-;;;. The van der Waals surface area contributed by atoms with E-state index < -0.39 is 5.97 Å². The highest BCUT2D eigenvalue weighted by Gasteiger charge is 2.15.